The van der Waals surface area contributed by atoms with E-state index in [9.17, 15) is 9.59 Å². The molecule has 1 aromatic carbocycles. The van der Waals surface area contributed by atoms with Gasteiger partial charge in [0, 0.05) is 58.4 Å². The molecule has 7 heteroatoms. The van der Waals surface area contributed by atoms with Gasteiger partial charge in [0.05, 0.1) is 24.2 Å². The third-order valence-corrected chi connectivity index (χ3v) is 9.32. The number of amides is 1. The molecule has 1 atom stereocenters. The SMILES string of the molecule is CN1CCN(C2(CN(Cc3cc4ccccc4n(C)c3=O)C(=O)CC3CCCCCC3)CCCOC2)CC1. The summed E-state index contributed by atoms with van der Waals surface area (Å²) >= 11 is 0. The van der Waals surface area contributed by atoms with Crippen molar-refractivity contribution in [1.29, 1.82) is 0 Å². The van der Waals surface area contributed by atoms with Crippen LogP contribution in [-0.4, -0.2) is 83.7 Å². The molecule has 1 unspecified atom stereocenters. The van der Waals surface area contributed by atoms with Gasteiger partial charge in [0.15, 0.2) is 0 Å². The van der Waals surface area contributed by atoms with Crippen LogP contribution in [0.2, 0.25) is 0 Å². The Kier molecular flexibility index (Phi) is 8.86. The fourth-order valence-electron chi connectivity index (χ4n) is 6.93. The highest BCUT2D eigenvalue weighted by Crippen LogP contribution is 2.31. The molecule has 3 heterocycles. The molecule has 5 rings (SSSR count). The molecule has 1 amide bonds. The van der Waals surface area contributed by atoms with Crippen molar-refractivity contribution in [3.05, 3.63) is 46.2 Å². The smallest absolute Gasteiger partial charge is 0.255 e. The van der Waals surface area contributed by atoms with E-state index in [1.807, 2.05) is 36.2 Å². The van der Waals surface area contributed by atoms with E-state index in [0.29, 0.717) is 37.6 Å². The van der Waals surface area contributed by atoms with Gasteiger partial charge in [0.25, 0.3) is 5.56 Å². The molecular formula is C31H46N4O3. The fourth-order valence-corrected chi connectivity index (χ4v) is 6.93. The predicted molar refractivity (Wildman–Crippen MR) is 152 cm³/mol. The highest BCUT2D eigenvalue weighted by atomic mass is 16.5. The number of nitrogens with zero attached hydrogens (tertiary/aromatic N) is 4. The van der Waals surface area contributed by atoms with Crippen molar-refractivity contribution in [3.63, 3.8) is 0 Å². The van der Waals surface area contributed by atoms with Gasteiger partial charge in [0.2, 0.25) is 5.91 Å². The minimum Gasteiger partial charge on any atom is -0.379 e. The van der Waals surface area contributed by atoms with Gasteiger partial charge in [-0.25, -0.2) is 0 Å². The van der Waals surface area contributed by atoms with E-state index in [0.717, 1.165) is 69.4 Å². The van der Waals surface area contributed by atoms with Crippen molar-refractivity contribution in [2.24, 2.45) is 13.0 Å². The molecule has 0 N–H and O–H groups in total. The molecule has 2 aliphatic heterocycles. The van der Waals surface area contributed by atoms with E-state index < -0.39 is 0 Å². The second kappa shape index (κ2) is 12.3. The number of carbonyl (C=O) groups is 1. The average Bonchev–Trinajstić information content (AvgIpc) is 3.20. The molecule has 208 valence electrons. The zero-order valence-electron chi connectivity index (χ0n) is 23.5. The van der Waals surface area contributed by atoms with Gasteiger partial charge in [-0.3, -0.25) is 14.5 Å². The van der Waals surface area contributed by atoms with Crippen molar-refractivity contribution in [2.45, 2.75) is 69.9 Å². The van der Waals surface area contributed by atoms with Crippen molar-refractivity contribution < 1.29 is 9.53 Å². The molecule has 3 fully saturated rings. The zero-order valence-corrected chi connectivity index (χ0v) is 23.5. The summed E-state index contributed by atoms with van der Waals surface area (Å²) in [6.07, 6.45) is 9.93. The van der Waals surface area contributed by atoms with E-state index in [1.54, 1.807) is 4.57 Å². The number of aromatic nitrogens is 1. The van der Waals surface area contributed by atoms with Crippen LogP contribution in [0.3, 0.4) is 0 Å². The number of hydrogen-bond acceptors (Lipinski definition) is 5. The lowest BCUT2D eigenvalue weighted by molar-refractivity contribution is -0.139. The summed E-state index contributed by atoms with van der Waals surface area (Å²) in [5.74, 6) is 0.653. The summed E-state index contributed by atoms with van der Waals surface area (Å²) in [5, 5.41) is 1.04. The van der Waals surface area contributed by atoms with E-state index >= 15 is 0 Å². The number of rotatable bonds is 7. The minimum atomic E-state index is -0.194. The summed E-state index contributed by atoms with van der Waals surface area (Å²) in [5.41, 5.74) is 1.42. The number of fused-ring (bicyclic) bond motifs is 1. The van der Waals surface area contributed by atoms with Crippen LogP contribution >= 0.6 is 0 Å². The zero-order chi connectivity index (χ0) is 26.5. The van der Waals surface area contributed by atoms with E-state index in [2.05, 4.69) is 22.9 Å². The Hall–Kier alpha value is -2.22. The largest absolute Gasteiger partial charge is 0.379 e. The number of likely N-dealkylation sites (N-methyl/N-ethyl adjacent to an activating group) is 1. The highest BCUT2D eigenvalue weighted by Gasteiger charge is 2.42. The van der Waals surface area contributed by atoms with Gasteiger partial charge >= 0.3 is 0 Å². The third-order valence-electron chi connectivity index (χ3n) is 9.32. The molecule has 0 bridgehead atoms. The predicted octanol–water partition coefficient (Wildman–Crippen LogP) is 4.02. The normalized spacial score (nSPS) is 24.4. The number of ether oxygens (including phenoxy) is 1. The van der Waals surface area contributed by atoms with Crippen LogP contribution in [0.1, 0.15) is 63.4 Å². The van der Waals surface area contributed by atoms with Crippen molar-refractivity contribution in [2.75, 3.05) is 53.0 Å². The quantitative estimate of drug-likeness (QED) is 0.514. The molecule has 1 aliphatic carbocycles. The second-order valence-electron chi connectivity index (χ2n) is 12.1. The standard InChI is InChI=1S/C31H46N4O3/c1-32-15-17-35(18-16-32)31(14-9-19-38-24-31)23-34(29(36)20-25-10-5-3-4-6-11-25)22-27-21-26-12-7-8-13-28(26)33(2)30(27)37/h7-8,12-13,21,25H,3-6,9-11,14-20,22-24H2,1-2H3. The third kappa shape index (κ3) is 6.16. The molecule has 2 aromatic rings. The van der Waals surface area contributed by atoms with Gasteiger partial charge in [-0.2, -0.15) is 0 Å². The number of piperazine rings is 1. The Bertz CT molecular complexity index is 1140. The summed E-state index contributed by atoms with van der Waals surface area (Å²) < 4.78 is 7.84. The van der Waals surface area contributed by atoms with Crippen molar-refractivity contribution >= 4 is 16.8 Å². The topological polar surface area (TPSA) is 58.0 Å². The number of benzene rings is 1. The van der Waals surface area contributed by atoms with Crippen LogP contribution in [0.25, 0.3) is 10.9 Å². The highest BCUT2D eigenvalue weighted by molar-refractivity contribution is 5.80. The van der Waals surface area contributed by atoms with Crippen molar-refractivity contribution in [3.8, 4) is 0 Å². The lowest BCUT2D eigenvalue weighted by atomic mass is 9.88. The number of para-hydroxylation sites is 1. The maximum absolute atomic E-state index is 14.1. The molecule has 2 saturated heterocycles. The first kappa shape index (κ1) is 27.4. The molecule has 7 nitrogen and oxygen atoms in total. The van der Waals surface area contributed by atoms with Crippen LogP contribution < -0.4 is 5.56 Å². The Morgan fingerprint density at radius 3 is 2.47 bits per heavy atom. The van der Waals surface area contributed by atoms with Gasteiger partial charge < -0.3 is 19.1 Å². The fraction of sp³-hybridized carbons (Fsp3) is 0.677. The summed E-state index contributed by atoms with van der Waals surface area (Å²) in [6.45, 7) is 6.46. The van der Waals surface area contributed by atoms with Gasteiger partial charge in [-0.05, 0) is 56.2 Å². The van der Waals surface area contributed by atoms with Gasteiger partial charge in [-0.1, -0.05) is 43.9 Å². The maximum Gasteiger partial charge on any atom is 0.255 e. The van der Waals surface area contributed by atoms with E-state index in [-0.39, 0.29) is 17.0 Å². The minimum absolute atomic E-state index is 0.00971. The molecule has 38 heavy (non-hydrogen) atoms. The maximum atomic E-state index is 14.1. The number of hydrogen-bond donors (Lipinski definition) is 0. The first-order valence-electron chi connectivity index (χ1n) is 14.8. The summed E-state index contributed by atoms with van der Waals surface area (Å²) in [7, 11) is 4.02. The molecular weight excluding hydrogens is 476 g/mol. The van der Waals surface area contributed by atoms with Crippen molar-refractivity contribution in [1.82, 2.24) is 19.3 Å². The molecule has 1 saturated carbocycles. The molecule has 1 aromatic heterocycles. The lowest BCUT2D eigenvalue weighted by Gasteiger charge is -2.50. The van der Waals surface area contributed by atoms with Gasteiger partial charge in [0.1, 0.15) is 0 Å². The molecule has 3 aliphatic rings. The number of aryl methyl sites for hydroxylation is 1. The summed E-state index contributed by atoms with van der Waals surface area (Å²) in [4.78, 5) is 34.5. The van der Waals surface area contributed by atoms with Gasteiger partial charge in [-0.15, -0.1) is 0 Å². The second-order valence-corrected chi connectivity index (χ2v) is 12.1. The van der Waals surface area contributed by atoms with Crippen LogP contribution in [0.4, 0.5) is 0 Å². The van der Waals surface area contributed by atoms with E-state index in [1.165, 1.54) is 25.7 Å². The molecule has 0 radical (unpaired) electrons. The van der Waals surface area contributed by atoms with Crippen LogP contribution in [0, 0.1) is 5.92 Å². The number of pyridine rings is 1. The Labute approximate surface area is 227 Å². The molecule has 0 spiro atoms. The van der Waals surface area contributed by atoms with Crippen LogP contribution in [0.5, 0.6) is 0 Å². The van der Waals surface area contributed by atoms with Crippen LogP contribution in [0.15, 0.2) is 35.1 Å². The Balaban J connectivity index is 1.45. The Morgan fingerprint density at radius 1 is 1.03 bits per heavy atom. The summed E-state index contributed by atoms with van der Waals surface area (Å²) in [6, 6.07) is 10.0. The first-order valence-corrected chi connectivity index (χ1v) is 14.8. The monoisotopic (exact) mass is 522 g/mol. The van der Waals surface area contributed by atoms with E-state index in [4.69, 9.17) is 4.74 Å². The number of carbonyl (C=O) groups excluding carboxylic acids is 1. The lowest BCUT2D eigenvalue weighted by Crippen LogP contribution is -2.64. The Morgan fingerprint density at radius 2 is 1.76 bits per heavy atom. The first-order chi connectivity index (χ1) is 18.4. The average molecular weight is 523 g/mol. The van der Waals surface area contributed by atoms with Crippen LogP contribution in [-0.2, 0) is 23.1 Å².